The summed E-state index contributed by atoms with van der Waals surface area (Å²) in [6, 6.07) is 0. The molecule has 0 heterocycles. The monoisotopic (exact) mass is 242 g/mol. The minimum absolute atomic E-state index is 0.0754. The molecule has 0 aliphatic heterocycles. The quantitative estimate of drug-likeness (QED) is 0.606. The van der Waals surface area contributed by atoms with Crippen molar-refractivity contribution in [1.82, 2.24) is 10.6 Å². The second-order valence-electron chi connectivity index (χ2n) is 4.75. The highest BCUT2D eigenvalue weighted by molar-refractivity contribution is 5.77. The predicted octanol–water partition coefficient (Wildman–Crippen LogP) is 1.85. The molecule has 2 N–H and O–H groups in total. The Morgan fingerprint density at radius 2 is 1.59 bits per heavy atom. The molecule has 0 aliphatic rings. The van der Waals surface area contributed by atoms with E-state index in [2.05, 4.69) is 17.6 Å². The zero-order valence-electron chi connectivity index (χ0n) is 11.3. The largest absolute Gasteiger partial charge is 0.356 e. The molecule has 0 saturated heterocycles. The van der Waals surface area contributed by atoms with Crippen LogP contribution in [0.5, 0.6) is 0 Å². The maximum atomic E-state index is 11.3. The van der Waals surface area contributed by atoms with Gasteiger partial charge in [-0.3, -0.25) is 9.59 Å². The molecule has 4 heteroatoms. The van der Waals surface area contributed by atoms with Gasteiger partial charge >= 0.3 is 0 Å². The molecule has 0 fully saturated rings. The van der Waals surface area contributed by atoms with Gasteiger partial charge in [-0.2, -0.15) is 0 Å². The van der Waals surface area contributed by atoms with Gasteiger partial charge < -0.3 is 10.6 Å². The third-order valence-corrected chi connectivity index (χ3v) is 2.35. The number of rotatable bonds is 9. The van der Waals surface area contributed by atoms with Crippen molar-refractivity contribution in [3.05, 3.63) is 0 Å². The summed E-state index contributed by atoms with van der Waals surface area (Å²) in [5.74, 6) is 0.537. The molecule has 0 rings (SSSR count). The fourth-order valence-corrected chi connectivity index (χ4v) is 1.41. The maximum absolute atomic E-state index is 11.3. The van der Waals surface area contributed by atoms with Crippen LogP contribution in [0, 0.1) is 5.92 Å². The van der Waals surface area contributed by atoms with Crippen molar-refractivity contribution in [1.29, 1.82) is 0 Å². The fourth-order valence-electron chi connectivity index (χ4n) is 1.41. The van der Waals surface area contributed by atoms with E-state index in [4.69, 9.17) is 0 Å². The zero-order chi connectivity index (χ0) is 13.1. The number of amides is 2. The highest BCUT2D eigenvalue weighted by Crippen LogP contribution is 1.98. The van der Waals surface area contributed by atoms with Crippen LogP contribution in [-0.2, 0) is 9.59 Å². The molecular formula is C13H26N2O2. The summed E-state index contributed by atoms with van der Waals surface area (Å²) < 4.78 is 0. The molecule has 100 valence electrons. The third kappa shape index (κ3) is 11.2. The first kappa shape index (κ1) is 15.9. The number of carbonyl (C=O) groups is 2. The van der Waals surface area contributed by atoms with Crippen molar-refractivity contribution in [2.45, 2.75) is 52.9 Å². The van der Waals surface area contributed by atoms with E-state index in [1.165, 1.54) is 0 Å². The summed E-state index contributed by atoms with van der Waals surface area (Å²) in [5, 5.41) is 5.67. The zero-order valence-corrected chi connectivity index (χ0v) is 11.3. The number of unbranched alkanes of at least 4 members (excludes halogenated alkanes) is 1. The summed E-state index contributed by atoms with van der Waals surface area (Å²) in [6.07, 6.45) is 3.87. The molecule has 0 aromatic carbocycles. The van der Waals surface area contributed by atoms with Crippen LogP contribution in [-0.4, -0.2) is 24.9 Å². The van der Waals surface area contributed by atoms with Crippen LogP contribution in [0.1, 0.15) is 52.9 Å². The number of nitrogens with one attached hydrogen (secondary N) is 2. The molecule has 0 aromatic rings. The van der Waals surface area contributed by atoms with Gasteiger partial charge in [-0.25, -0.2) is 0 Å². The molecule has 0 radical (unpaired) electrons. The first-order valence-corrected chi connectivity index (χ1v) is 6.59. The van der Waals surface area contributed by atoms with E-state index in [0.717, 1.165) is 19.4 Å². The molecule has 0 aromatic heterocycles. The molecular weight excluding hydrogens is 216 g/mol. The van der Waals surface area contributed by atoms with E-state index in [0.29, 0.717) is 31.7 Å². The van der Waals surface area contributed by atoms with E-state index >= 15 is 0 Å². The van der Waals surface area contributed by atoms with E-state index in [1.807, 2.05) is 13.8 Å². The molecule has 0 saturated carbocycles. The second-order valence-corrected chi connectivity index (χ2v) is 4.75. The normalized spacial score (nSPS) is 10.4. The van der Waals surface area contributed by atoms with Crippen LogP contribution in [0.3, 0.4) is 0 Å². The SMILES string of the molecule is CCCCNC(=O)CCCNC(=O)CC(C)C. The Labute approximate surface area is 105 Å². The van der Waals surface area contributed by atoms with Crippen molar-refractivity contribution < 1.29 is 9.59 Å². The maximum Gasteiger partial charge on any atom is 0.220 e. The van der Waals surface area contributed by atoms with Crippen LogP contribution in [0.4, 0.5) is 0 Å². The molecule has 0 unspecified atom stereocenters. The summed E-state index contributed by atoms with van der Waals surface area (Å²) in [5.41, 5.74) is 0. The smallest absolute Gasteiger partial charge is 0.220 e. The lowest BCUT2D eigenvalue weighted by Crippen LogP contribution is -2.28. The van der Waals surface area contributed by atoms with Crippen LogP contribution in [0.25, 0.3) is 0 Å². The van der Waals surface area contributed by atoms with Crippen LogP contribution >= 0.6 is 0 Å². The molecule has 17 heavy (non-hydrogen) atoms. The van der Waals surface area contributed by atoms with Gasteiger partial charge in [-0.05, 0) is 18.8 Å². The van der Waals surface area contributed by atoms with E-state index in [-0.39, 0.29) is 11.8 Å². The Morgan fingerprint density at radius 3 is 2.18 bits per heavy atom. The Bertz CT molecular complexity index is 227. The Morgan fingerprint density at radius 1 is 1.00 bits per heavy atom. The van der Waals surface area contributed by atoms with E-state index in [1.54, 1.807) is 0 Å². The summed E-state index contributed by atoms with van der Waals surface area (Å²) in [7, 11) is 0. The molecule has 0 atom stereocenters. The van der Waals surface area contributed by atoms with Gasteiger partial charge in [-0.1, -0.05) is 27.2 Å². The highest BCUT2D eigenvalue weighted by Gasteiger charge is 2.04. The fraction of sp³-hybridized carbons (Fsp3) is 0.846. The molecule has 0 spiro atoms. The van der Waals surface area contributed by atoms with Gasteiger partial charge in [0, 0.05) is 25.9 Å². The number of carbonyl (C=O) groups excluding carboxylic acids is 2. The highest BCUT2D eigenvalue weighted by atomic mass is 16.2. The Hall–Kier alpha value is -1.06. The van der Waals surface area contributed by atoms with E-state index < -0.39 is 0 Å². The third-order valence-electron chi connectivity index (χ3n) is 2.35. The lowest BCUT2D eigenvalue weighted by Gasteiger charge is -2.07. The average Bonchev–Trinajstić information content (AvgIpc) is 2.24. The molecule has 4 nitrogen and oxygen atoms in total. The summed E-state index contributed by atoms with van der Waals surface area (Å²) in [6.45, 7) is 7.47. The Kier molecular flexibility index (Phi) is 9.49. The van der Waals surface area contributed by atoms with Gasteiger partial charge in [0.25, 0.3) is 0 Å². The number of hydrogen-bond donors (Lipinski definition) is 2. The van der Waals surface area contributed by atoms with Crippen LogP contribution in [0.15, 0.2) is 0 Å². The van der Waals surface area contributed by atoms with Crippen LogP contribution < -0.4 is 10.6 Å². The second kappa shape index (κ2) is 10.1. The van der Waals surface area contributed by atoms with Gasteiger partial charge in [0.1, 0.15) is 0 Å². The minimum atomic E-state index is 0.0754. The first-order valence-electron chi connectivity index (χ1n) is 6.59. The summed E-state index contributed by atoms with van der Waals surface area (Å²) in [4.78, 5) is 22.6. The van der Waals surface area contributed by atoms with Crippen molar-refractivity contribution >= 4 is 11.8 Å². The first-order chi connectivity index (χ1) is 8.06. The Balaban J connectivity index is 3.38. The van der Waals surface area contributed by atoms with Crippen LogP contribution in [0.2, 0.25) is 0 Å². The van der Waals surface area contributed by atoms with E-state index in [9.17, 15) is 9.59 Å². The molecule has 0 bridgehead atoms. The van der Waals surface area contributed by atoms with Gasteiger partial charge in [0.05, 0.1) is 0 Å². The van der Waals surface area contributed by atoms with Gasteiger partial charge in [0.2, 0.25) is 11.8 Å². The van der Waals surface area contributed by atoms with Crippen molar-refractivity contribution in [2.24, 2.45) is 5.92 Å². The van der Waals surface area contributed by atoms with Gasteiger partial charge in [0.15, 0.2) is 0 Å². The average molecular weight is 242 g/mol. The van der Waals surface area contributed by atoms with Crippen molar-refractivity contribution in [3.63, 3.8) is 0 Å². The molecule has 2 amide bonds. The lowest BCUT2D eigenvalue weighted by molar-refractivity contribution is -0.123. The standard InChI is InChI=1S/C13H26N2O2/c1-4-5-8-14-12(16)7-6-9-15-13(17)10-11(2)3/h11H,4-10H2,1-3H3,(H,14,16)(H,15,17). The predicted molar refractivity (Wildman–Crippen MR) is 69.6 cm³/mol. The minimum Gasteiger partial charge on any atom is -0.356 e. The van der Waals surface area contributed by atoms with Crippen molar-refractivity contribution in [3.8, 4) is 0 Å². The molecule has 0 aliphatic carbocycles. The number of hydrogen-bond acceptors (Lipinski definition) is 2. The summed E-state index contributed by atoms with van der Waals surface area (Å²) >= 11 is 0. The van der Waals surface area contributed by atoms with Gasteiger partial charge in [-0.15, -0.1) is 0 Å². The lowest BCUT2D eigenvalue weighted by atomic mass is 10.1. The topological polar surface area (TPSA) is 58.2 Å². The van der Waals surface area contributed by atoms with Crippen molar-refractivity contribution in [2.75, 3.05) is 13.1 Å².